The summed E-state index contributed by atoms with van der Waals surface area (Å²) in [6, 6.07) is 5.23. The zero-order valence-electron chi connectivity index (χ0n) is 15.7. The first-order valence-electron chi connectivity index (χ1n) is 8.79. The van der Waals surface area contributed by atoms with Gasteiger partial charge in [0.15, 0.2) is 0 Å². The van der Waals surface area contributed by atoms with E-state index in [4.69, 9.17) is 0 Å². The van der Waals surface area contributed by atoms with Crippen LogP contribution in [-0.2, 0) is 23.6 Å². The van der Waals surface area contributed by atoms with E-state index in [1.165, 1.54) is 8.87 Å². The SMILES string of the molecule is CCN(Cc1nc2ccn(C)c(=O)c2[nH]1)S(=O)(=O)c1cc(C)cc2cn[nH]c12. The van der Waals surface area contributed by atoms with Crippen LogP contribution in [0, 0.1) is 6.92 Å². The number of hydrogen-bond donors (Lipinski definition) is 2. The average Bonchev–Trinajstić information content (AvgIpc) is 3.28. The number of imidazole rings is 1. The Kier molecular flexibility index (Phi) is 4.31. The van der Waals surface area contributed by atoms with Crippen molar-refractivity contribution in [3.8, 4) is 0 Å². The molecular weight excluding hydrogens is 380 g/mol. The van der Waals surface area contributed by atoms with Gasteiger partial charge in [-0.05, 0) is 30.7 Å². The Morgan fingerprint density at radius 1 is 1.25 bits per heavy atom. The summed E-state index contributed by atoms with van der Waals surface area (Å²) in [5.74, 6) is 0.414. The number of hydrogen-bond acceptors (Lipinski definition) is 5. The summed E-state index contributed by atoms with van der Waals surface area (Å²) in [6.45, 7) is 3.89. The Hall–Kier alpha value is -2.98. The van der Waals surface area contributed by atoms with Crippen molar-refractivity contribution in [1.29, 1.82) is 0 Å². The molecule has 0 fully saturated rings. The van der Waals surface area contributed by atoms with E-state index in [1.54, 1.807) is 38.5 Å². The van der Waals surface area contributed by atoms with Gasteiger partial charge in [0.05, 0.1) is 23.8 Å². The summed E-state index contributed by atoms with van der Waals surface area (Å²) in [5.41, 5.74) is 1.97. The second-order valence-corrected chi connectivity index (χ2v) is 8.61. The molecule has 0 saturated heterocycles. The Balaban J connectivity index is 1.77. The summed E-state index contributed by atoms with van der Waals surface area (Å²) in [4.78, 5) is 19.7. The van der Waals surface area contributed by atoms with E-state index < -0.39 is 10.0 Å². The van der Waals surface area contributed by atoms with Crippen LogP contribution in [0.1, 0.15) is 18.3 Å². The highest BCUT2D eigenvalue weighted by molar-refractivity contribution is 7.89. The van der Waals surface area contributed by atoms with Gasteiger partial charge in [-0.2, -0.15) is 9.40 Å². The van der Waals surface area contributed by atoms with Crippen LogP contribution < -0.4 is 5.56 Å². The van der Waals surface area contributed by atoms with Gasteiger partial charge in [0.1, 0.15) is 16.2 Å². The maximum atomic E-state index is 13.3. The number of nitrogens with zero attached hydrogens (tertiary/aromatic N) is 4. The monoisotopic (exact) mass is 400 g/mol. The molecule has 146 valence electrons. The summed E-state index contributed by atoms with van der Waals surface area (Å²) in [7, 11) is -2.15. The molecule has 0 saturated carbocycles. The highest BCUT2D eigenvalue weighted by atomic mass is 32.2. The molecule has 0 bridgehead atoms. The fraction of sp³-hybridized carbons (Fsp3) is 0.278. The van der Waals surface area contributed by atoms with Gasteiger partial charge in [-0.25, -0.2) is 13.4 Å². The zero-order valence-corrected chi connectivity index (χ0v) is 16.5. The van der Waals surface area contributed by atoms with E-state index in [9.17, 15) is 13.2 Å². The van der Waals surface area contributed by atoms with Crippen molar-refractivity contribution in [2.24, 2.45) is 7.05 Å². The number of pyridine rings is 1. The number of rotatable bonds is 5. The van der Waals surface area contributed by atoms with Crippen molar-refractivity contribution in [2.45, 2.75) is 25.3 Å². The van der Waals surface area contributed by atoms with Gasteiger partial charge in [-0.1, -0.05) is 6.92 Å². The van der Waals surface area contributed by atoms with Crippen LogP contribution in [0.4, 0.5) is 0 Å². The quantitative estimate of drug-likeness (QED) is 0.528. The summed E-state index contributed by atoms with van der Waals surface area (Å²) in [6.07, 6.45) is 3.23. The van der Waals surface area contributed by atoms with Crippen molar-refractivity contribution in [2.75, 3.05) is 6.54 Å². The third kappa shape index (κ3) is 2.90. The molecule has 4 rings (SSSR count). The fourth-order valence-corrected chi connectivity index (χ4v) is 4.93. The highest BCUT2D eigenvalue weighted by Gasteiger charge is 2.27. The van der Waals surface area contributed by atoms with Crippen LogP contribution >= 0.6 is 0 Å². The van der Waals surface area contributed by atoms with Crippen LogP contribution in [-0.4, -0.2) is 44.0 Å². The molecule has 0 unspecified atom stereocenters. The van der Waals surface area contributed by atoms with E-state index >= 15 is 0 Å². The lowest BCUT2D eigenvalue weighted by Crippen LogP contribution is -2.31. The standard InChI is InChI=1S/C18H20N6O3S/c1-4-24(10-15-20-13-5-6-23(3)18(25)17(13)21-15)28(26,27)14-8-11(2)7-12-9-19-22-16(12)14/h5-9H,4,10H2,1-3H3,(H,19,22)(H,20,21). The Morgan fingerprint density at radius 3 is 2.79 bits per heavy atom. The molecule has 0 amide bonds. The highest BCUT2D eigenvalue weighted by Crippen LogP contribution is 2.26. The minimum atomic E-state index is -3.81. The number of nitrogens with one attached hydrogen (secondary N) is 2. The molecule has 2 N–H and O–H groups in total. The van der Waals surface area contributed by atoms with Gasteiger partial charge in [-0.3, -0.25) is 9.89 Å². The third-order valence-corrected chi connectivity index (χ3v) is 6.67. The number of aromatic nitrogens is 5. The van der Waals surface area contributed by atoms with Crippen LogP contribution in [0.3, 0.4) is 0 Å². The van der Waals surface area contributed by atoms with E-state index in [2.05, 4.69) is 20.2 Å². The molecule has 3 aromatic heterocycles. The van der Waals surface area contributed by atoms with Crippen molar-refractivity contribution in [3.05, 3.63) is 52.3 Å². The molecular formula is C18H20N6O3S. The van der Waals surface area contributed by atoms with Gasteiger partial charge in [0.25, 0.3) is 5.56 Å². The van der Waals surface area contributed by atoms with Crippen LogP contribution in [0.2, 0.25) is 0 Å². The lowest BCUT2D eigenvalue weighted by atomic mass is 10.2. The molecule has 0 aliphatic heterocycles. The van der Waals surface area contributed by atoms with Crippen molar-refractivity contribution >= 4 is 32.0 Å². The minimum absolute atomic E-state index is 0.0280. The van der Waals surface area contributed by atoms with Gasteiger partial charge in [0, 0.05) is 25.2 Å². The minimum Gasteiger partial charge on any atom is -0.336 e. The van der Waals surface area contributed by atoms with E-state index in [-0.39, 0.29) is 23.5 Å². The van der Waals surface area contributed by atoms with E-state index in [0.717, 1.165) is 10.9 Å². The summed E-state index contributed by atoms with van der Waals surface area (Å²) < 4.78 is 29.4. The molecule has 28 heavy (non-hydrogen) atoms. The van der Waals surface area contributed by atoms with Crippen molar-refractivity contribution in [3.63, 3.8) is 0 Å². The van der Waals surface area contributed by atoms with E-state index in [0.29, 0.717) is 22.4 Å². The topological polar surface area (TPSA) is 117 Å². The molecule has 0 spiro atoms. The molecule has 1 aromatic carbocycles. The van der Waals surface area contributed by atoms with E-state index in [1.807, 2.05) is 13.0 Å². The molecule has 0 radical (unpaired) electrons. The average molecular weight is 400 g/mol. The number of sulfonamides is 1. The molecule has 9 nitrogen and oxygen atoms in total. The predicted molar refractivity (Wildman–Crippen MR) is 105 cm³/mol. The van der Waals surface area contributed by atoms with Gasteiger partial charge < -0.3 is 9.55 Å². The fourth-order valence-electron chi connectivity index (χ4n) is 3.27. The summed E-state index contributed by atoms with van der Waals surface area (Å²) >= 11 is 0. The molecule has 0 aliphatic carbocycles. The maximum absolute atomic E-state index is 13.3. The zero-order chi connectivity index (χ0) is 20.1. The first-order chi connectivity index (χ1) is 13.3. The first kappa shape index (κ1) is 18.4. The van der Waals surface area contributed by atoms with Crippen LogP contribution in [0.5, 0.6) is 0 Å². The number of aromatic amines is 2. The van der Waals surface area contributed by atoms with Gasteiger partial charge in [-0.15, -0.1) is 0 Å². The molecule has 3 heterocycles. The summed E-state index contributed by atoms with van der Waals surface area (Å²) in [5, 5.41) is 7.48. The molecule has 0 aliphatic rings. The maximum Gasteiger partial charge on any atom is 0.276 e. The number of H-pyrrole nitrogens is 2. The Morgan fingerprint density at radius 2 is 2.04 bits per heavy atom. The first-order valence-corrected chi connectivity index (χ1v) is 10.2. The molecule has 4 aromatic rings. The largest absolute Gasteiger partial charge is 0.336 e. The smallest absolute Gasteiger partial charge is 0.276 e. The van der Waals surface area contributed by atoms with Crippen LogP contribution in [0.25, 0.3) is 21.9 Å². The van der Waals surface area contributed by atoms with Crippen molar-refractivity contribution < 1.29 is 8.42 Å². The lowest BCUT2D eigenvalue weighted by Gasteiger charge is -2.20. The molecule has 0 atom stereocenters. The molecule has 10 heteroatoms. The lowest BCUT2D eigenvalue weighted by molar-refractivity contribution is 0.416. The van der Waals surface area contributed by atoms with Crippen LogP contribution in [0.15, 0.2) is 40.3 Å². The number of fused-ring (bicyclic) bond motifs is 2. The van der Waals surface area contributed by atoms with Gasteiger partial charge >= 0.3 is 0 Å². The number of aryl methyl sites for hydroxylation is 2. The third-order valence-electron chi connectivity index (χ3n) is 4.72. The second-order valence-electron chi connectivity index (χ2n) is 6.70. The predicted octanol–water partition coefficient (Wildman–Crippen LogP) is 1.66. The number of benzene rings is 1. The Labute approximate surface area is 161 Å². The Bertz CT molecular complexity index is 1350. The normalized spacial score (nSPS) is 12.4. The second kappa shape index (κ2) is 6.57. The van der Waals surface area contributed by atoms with Gasteiger partial charge in [0.2, 0.25) is 10.0 Å². The van der Waals surface area contributed by atoms with Crippen molar-refractivity contribution in [1.82, 2.24) is 29.0 Å².